The van der Waals surface area contributed by atoms with Gasteiger partial charge in [-0.3, -0.25) is 4.79 Å². The first-order valence-electron chi connectivity index (χ1n) is 8.66. The first-order valence-corrected chi connectivity index (χ1v) is 9.04. The number of hydrogen-bond acceptors (Lipinski definition) is 5. The molecule has 7 heteroatoms. The van der Waals surface area contributed by atoms with E-state index < -0.39 is 5.97 Å². The van der Waals surface area contributed by atoms with Gasteiger partial charge in [0.25, 0.3) is 0 Å². The van der Waals surface area contributed by atoms with E-state index >= 15 is 0 Å². The van der Waals surface area contributed by atoms with E-state index in [4.69, 9.17) is 21.1 Å². The van der Waals surface area contributed by atoms with Crippen LogP contribution in [0.3, 0.4) is 0 Å². The summed E-state index contributed by atoms with van der Waals surface area (Å²) in [4.78, 5) is 26.6. The Hall–Kier alpha value is -2.57. The van der Waals surface area contributed by atoms with Crippen LogP contribution >= 0.6 is 11.6 Å². The number of nitrogens with one attached hydrogen (secondary N) is 1. The molecule has 0 radical (unpaired) electrons. The fourth-order valence-corrected chi connectivity index (χ4v) is 3.09. The number of carbonyl (C=O) groups is 2. The maximum atomic E-state index is 12.3. The Morgan fingerprint density at radius 1 is 1.15 bits per heavy atom. The van der Waals surface area contributed by atoms with Crippen LogP contribution in [0.15, 0.2) is 42.5 Å². The number of hydrogen-bond donors (Lipinski definition) is 1. The number of nitrogens with zero attached hydrogens (tertiary/aromatic N) is 1. The lowest BCUT2D eigenvalue weighted by Crippen LogP contribution is -2.37. The van der Waals surface area contributed by atoms with Crippen molar-refractivity contribution in [3.8, 4) is 0 Å². The van der Waals surface area contributed by atoms with Gasteiger partial charge >= 0.3 is 5.97 Å². The molecule has 0 bridgehead atoms. The van der Waals surface area contributed by atoms with Gasteiger partial charge in [0.05, 0.1) is 38.0 Å². The highest BCUT2D eigenvalue weighted by molar-refractivity contribution is 6.30. The normalized spacial score (nSPS) is 13.9. The van der Waals surface area contributed by atoms with Crippen molar-refractivity contribution in [3.63, 3.8) is 0 Å². The minimum Gasteiger partial charge on any atom is -0.465 e. The molecule has 0 aromatic heterocycles. The number of benzene rings is 2. The summed E-state index contributed by atoms with van der Waals surface area (Å²) in [5, 5.41) is 3.46. The van der Waals surface area contributed by atoms with Gasteiger partial charge in [-0.2, -0.15) is 0 Å². The van der Waals surface area contributed by atoms with Gasteiger partial charge in [0.15, 0.2) is 0 Å². The summed E-state index contributed by atoms with van der Waals surface area (Å²) in [5.74, 6) is -0.613. The number of anilines is 2. The van der Waals surface area contributed by atoms with E-state index in [0.29, 0.717) is 42.6 Å². The maximum absolute atomic E-state index is 12.3. The number of methoxy groups -OCH3 is 1. The molecule has 1 aliphatic rings. The monoisotopic (exact) mass is 388 g/mol. The Balaban J connectivity index is 1.76. The second-order valence-electron chi connectivity index (χ2n) is 6.17. The molecule has 6 nitrogen and oxygen atoms in total. The molecule has 2 aromatic rings. The minimum absolute atomic E-state index is 0.174. The van der Waals surface area contributed by atoms with Crippen LogP contribution in [0.2, 0.25) is 5.02 Å². The van der Waals surface area contributed by atoms with Crippen molar-refractivity contribution in [2.45, 2.75) is 6.42 Å². The molecule has 1 heterocycles. The summed E-state index contributed by atoms with van der Waals surface area (Å²) in [6.07, 6.45) is 0.218. The van der Waals surface area contributed by atoms with Crippen LogP contribution in [-0.2, 0) is 20.7 Å². The molecule has 142 valence electrons. The van der Waals surface area contributed by atoms with E-state index in [1.807, 2.05) is 18.2 Å². The van der Waals surface area contributed by atoms with Crippen molar-refractivity contribution in [1.29, 1.82) is 0 Å². The predicted molar refractivity (Wildman–Crippen MR) is 105 cm³/mol. The molecule has 1 saturated heterocycles. The van der Waals surface area contributed by atoms with Gasteiger partial charge in [0, 0.05) is 23.8 Å². The topological polar surface area (TPSA) is 67.9 Å². The average Bonchev–Trinajstić information content (AvgIpc) is 2.69. The number of esters is 1. The van der Waals surface area contributed by atoms with Crippen LogP contribution < -0.4 is 10.2 Å². The van der Waals surface area contributed by atoms with Crippen molar-refractivity contribution >= 4 is 34.9 Å². The summed E-state index contributed by atoms with van der Waals surface area (Å²) in [6, 6.07) is 12.4. The second-order valence-corrected chi connectivity index (χ2v) is 6.61. The summed E-state index contributed by atoms with van der Waals surface area (Å²) in [5.41, 5.74) is 2.60. The minimum atomic E-state index is -0.440. The van der Waals surface area contributed by atoms with E-state index in [9.17, 15) is 9.59 Å². The van der Waals surface area contributed by atoms with Crippen LogP contribution in [0.4, 0.5) is 11.4 Å². The predicted octanol–water partition coefficient (Wildman–Crippen LogP) is 3.14. The average molecular weight is 389 g/mol. The van der Waals surface area contributed by atoms with Gasteiger partial charge in [-0.15, -0.1) is 0 Å². The van der Waals surface area contributed by atoms with Gasteiger partial charge in [0.2, 0.25) is 5.91 Å². The van der Waals surface area contributed by atoms with Gasteiger partial charge in [-0.05, 0) is 35.9 Å². The fourth-order valence-electron chi connectivity index (χ4n) is 2.96. The molecule has 1 N–H and O–H groups in total. The molecule has 1 aliphatic heterocycles. The molecule has 27 heavy (non-hydrogen) atoms. The highest BCUT2D eigenvalue weighted by Crippen LogP contribution is 2.26. The Bertz CT molecular complexity index is 817. The van der Waals surface area contributed by atoms with E-state index in [0.717, 1.165) is 11.3 Å². The van der Waals surface area contributed by atoms with Gasteiger partial charge in [0.1, 0.15) is 0 Å². The highest BCUT2D eigenvalue weighted by Gasteiger charge is 2.20. The number of halogens is 1. The number of amides is 1. The van der Waals surface area contributed by atoms with E-state index in [-0.39, 0.29) is 12.3 Å². The zero-order valence-electron chi connectivity index (χ0n) is 15.0. The van der Waals surface area contributed by atoms with Gasteiger partial charge < -0.3 is 19.7 Å². The van der Waals surface area contributed by atoms with Crippen LogP contribution in [0.5, 0.6) is 0 Å². The Morgan fingerprint density at radius 2 is 1.85 bits per heavy atom. The molecular formula is C20H21ClN2O4. The fraction of sp³-hybridized carbons (Fsp3) is 0.300. The standard InChI is InChI=1S/C20H21ClN2O4/c1-26-20(25)17-13-16(6-7-18(17)23-8-10-27-11-9-23)22-19(24)12-14-2-4-15(21)5-3-14/h2-7,13H,8-12H2,1H3,(H,22,24). The van der Waals surface area contributed by atoms with Gasteiger partial charge in [-0.25, -0.2) is 4.79 Å². The lowest BCUT2D eigenvalue weighted by Gasteiger charge is -2.30. The molecule has 3 rings (SSSR count). The van der Waals surface area contributed by atoms with Crippen molar-refractivity contribution in [2.75, 3.05) is 43.6 Å². The number of carbonyl (C=O) groups excluding carboxylic acids is 2. The third-order valence-electron chi connectivity index (χ3n) is 4.32. The van der Waals surface area contributed by atoms with E-state index in [2.05, 4.69) is 10.2 Å². The lowest BCUT2D eigenvalue weighted by atomic mass is 10.1. The smallest absolute Gasteiger partial charge is 0.340 e. The molecule has 0 unspecified atom stereocenters. The van der Waals surface area contributed by atoms with Crippen molar-refractivity contribution in [1.82, 2.24) is 0 Å². The Morgan fingerprint density at radius 3 is 2.52 bits per heavy atom. The largest absolute Gasteiger partial charge is 0.465 e. The summed E-state index contributed by atoms with van der Waals surface area (Å²) in [7, 11) is 1.34. The zero-order chi connectivity index (χ0) is 19.2. The molecule has 0 aliphatic carbocycles. The third-order valence-corrected chi connectivity index (χ3v) is 4.57. The Labute approximate surface area is 163 Å². The van der Waals surface area contributed by atoms with Crippen LogP contribution in [0, 0.1) is 0 Å². The number of rotatable bonds is 5. The molecule has 1 fully saturated rings. The maximum Gasteiger partial charge on any atom is 0.340 e. The van der Waals surface area contributed by atoms with Gasteiger partial charge in [-0.1, -0.05) is 23.7 Å². The van der Waals surface area contributed by atoms with Crippen molar-refractivity contribution in [3.05, 3.63) is 58.6 Å². The molecule has 0 atom stereocenters. The first-order chi connectivity index (χ1) is 13.1. The van der Waals surface area contributed by atoms with Crippen LogP contribution in [-0.4, -0.2) is 45.3 Å². The molecule has 2 aromatic carbocycles. The Kier molecular flexibility index (Phi) is 6.32. The highest BCUT2D eigenvalue weighted by atomic mass is 35.5. The first kappa shape index (κ1) is 19.2. The van der Waals surface area contributed by atoms with Crippen molar-refractivity contribution in [2.24, 2.45) is 0 Å². The van der Waals surface area contributed by atoms with Crippen molar-refractivity contribution < 1.29 is 19.1 Å². The molecular weight excluding hydrogens is 368 g/mol. The molecule has 0 saturated carbocycles. The van der Waals surface area contributed by atoms with Crippen LogP contribution in [0.25, 0.3) is 0 Å². The van der Waals surface area contributed by atoms with Crippen LogP contribution in [0.1, 0.15) is 15.9 Å². The third kappa shape index (κ3) is 4.99. The summed E-state index contributed by atoms with van der Waals surface area (Å²) < 4.78 is 10.3. The summed E-state index contributed by atoms with van der Waals surface area (Å²) in [6.45, 7) is 2.62. The van der Waals surface area contributed by atoms with E-state index in [1.54, 1.807) is 24.3 Å². The number of morpholine rings is 1. The molecule has 1 amide bonds. The summed E-state index contributed by atoms with van der Waals surface area (Å²) >= 11 is 5.86. The molecule has 0 spiro atoms. The SMILES string of the molecule is COC(=O)c1cc(NC(=O)Cc2ccc(Cl)cc2)ccc1N1CCOCC1. The lowest BCUT2D eigenvalue weighted by molar-refractivity contribution is -0.115. The van der Waals surface area contributed by atoms with E-state index in [1.165, 1.54) is 7.11 Å². The second kappa shape index (κ2) is 8.88. The number of ether oxygens (including phenoxy) is 2. The zero-order valence-corrected chi connectivity index (χ0v) is 15.8. The quantitative estimate of drug-likeness (QED) is 0.797.